The van der Waals surface area contributed by atoms with Gasteiger partial charge in [-0.25, -0.2) is 4.79 Å². The minimum atomic E-state index is -0.416. The van der Waals surface area contributed by atoms with Crippen molar-refractivity contribution < 1.29 is 14.3 Å². The summed E-state index contributed by atoms with van der Waals surface area (Å²) in [7, 11) is 0. The smallest absolute Gasteiger partial charge is 0.338 e. The number of ether oxygens (including phenoxy) is 2. The number of esters is 1. The van der Waals surface area contributed by atoms with Crippen molar-refractivity contribution in [2.75, 3.05) is 6.61 Å². The quantitative estimate of drug-likeness (QED) is 0.321. The highest BCUT2D eigenvalue weighted by Gasteiger charge is 2.08. The van der Waals surface area contributed by atoms with Gasteiger partial charge < -0.3 is 9.47 Å². The van der Waals surface area contributed by atoms with Crippen LogP contribution in [0.3, 0.4) is 0 Å². The Kier molecular flexibility index (Phi) is 5.59. The fourth-order valence-electron chi connectivity index (χ4n) is 2.15. The van der Waals surface area contributed by atoms with Crippen LogP contribution in [0.15, 0.2) is 66.8 Å². The van der Waals surface area contributed by atoms with Gasteiger partial charge in [0.2, 0.25) is 0 Å². The molecule has 2 aromatic carbocycles. The largest absolute Gasteiger partial charge is 0.489 e. The van der Waals surface area contributed by atoms with Crippen LogP contribution in [0.4, 0.5) is 0 Å². The topological polar surface area (TPSA) is 35.5 Å². The lowest BCUT2D eigenvalue weighted by molar-refractivity contribution is -0.130. The van der Waals surface area contributed by atoms with Gasteiger partial charge >= 0.3 is 5.97 Å². The molecule has 3 nitrogen and oxygen atoms in total. The summed E-state index contributed by atoms with van der Waals surface area (Å²) in [5.74, 6) is 0.915. The zero-order valence-corrected chi connectivity index (χ0v) is 14.4. The summed E-state index contributed by atoms with van der Waals surface area (Å²) in [6.07, 6.45) is 0. The van der Waals surface area contributed by atoms with Gasteiger partial charge in [0.25, 0.3) is 0 Å². The van der Waals surface area contributed by atoms with E-state index in [1.54, 1.807) is 13.0 Å². The number of benzene rings is 2. The fraction of sp³-hybridized carbons (Fsp3) is 0.190. The molecule has 0 spiro atoms. The van der Waals surface area contributed by atoms with Gasteiger partial charge in [0, 0.05) is 5.57 Å². The van der Waals surface area contributed by atoms with Crippen LogP contribution in [-0.4, -0.2) is 12.6 Å². The highest BCUT2D eigenvalue weighted by Crippen LogP contribution is 2.28. The molecule has 0 aliphatic rings. The predicted molar refractivity (Wildman–Crippen MR) is 97.4 cm³/mol. The fourth-order valence-corrected chi connectivity index (χ4v) is 2.15. The Labute approximate surface area is 143 Å². The number of aryl methyl sites for hydroxylation is 1. The summed E-state index contributed by atoms with van der Waals surface area (Å²) < 4.78 is 10.9. The molecule has 0 aromatic heterocycles. The molecule has 0 atom stereocenters. The van der Waals surface area contributed by atoms with Crippen LogP contribution in [-0.2, 0) is 4.79 Å². The zero-order valence-electron chi connectivity index (χ0n) is 14.4. The van der Waals surface area contributed by atoms with E-state index in [9.17, 15) is 4.79 Å². The summed E-state index contributed by atoms with van der Waals surface area (Å²) >= 11 is 0. The van der Waals surface area contributed by atoms with Gasteiger partial charge in [-0.2, -0.15) is 0 Å². The van der Waals surface area contributed by atoms with Gasteiger partial charge in [-0.3, -0.25) is 0 Å². The second-order valence-corrected chi connectivity index (χ2v) is 5.92. The van der Waals surface area contributed by atoms with Crippen molar-refractivity contribution in [2.45, 2.75) is 20.8 Å². The molecule has 0 aliphatic heterocycles. The van der Waals surface area contributed by atoms with Crippen molar-refractivity contribution in [1.82, 2.24) is 0 Å². The molecule has 2 rings (SSSR count). The van der Waals surface area contributed by atoms with Gasteiger partial charge in [-0.1, -0.05) is 31.4 Å². The molecular weight excluding hydrogens is 300 g/mol. The van der Waals surface area contributed by atoms with Crippen LogP contribution in [0.5, 0.6) is 11.5 Å². The number of rotatable bonds is 6. The van der Waals surface area contributed by atoms with Gasteiger partial charge in [0.05, 0.1) is 0 Å². The minimum Gasteiger partial charge on any atom is -0.489 e. The van der Waals surface area contributed by atoms with Crippen molar-refractivity contribution in [3.05, 3.63) is 72.3 Å². The van der Waals surface area contributed by atoms with Crippen LogP contribution in [0.2, 0.25) is 0 Å². The third kappa shape index (κ3) is 4.59. The summed E-state index contributed by atoms with van der Waals surface area (Å²) in [5, 5.41) is 0. The number of hydrogen-bond donors (Lipinski definition) is 0. The van der Waals surface area contributed by atoms with Crippen LogP contribution in [0, 0.1) is 6.92 Å². The molecule has 124 valence electrons. The second-order valence-electron chi connectivity index (χ2n) is 5.92. The number of hydrogen-bond acceptors (Lipinski definition) is 3. The molecule has 3 heteroatoms. The van der Waals surface area contributed by atoms with Gasteiger partial charge in [0.15, 0.2) is 0 Å². The first kappa shape index (κ1) is 17.5. The van der Waals surface area contributed by atoms with Crippen molar-refractivity contribution in [1.29, 1.82) is 0 Å². The summed E-state index contributed by atoms with van der Waals surface area (Å²) in [6.45, 7) is 13.5. The maximum absolute atomic E-state index is 11.6. The highest BCUT2D eigenvalue weighted by molar-refractivity contribution is 5.88. The lowest BCUT2D eigenvalue weighted by atomic mass is 10.0. The van der Waals surface area contributed by atoms with Crippen molar-refractivity contribution in [3.8, 4) is 22.6 Å². The van der Waals surface area contributed by atoms with E-state index in [0.717, 1.165) is 28.0 Å². The monoisotopic (exact) mass is 322 g/mol. The van der Waals surface area contributed by atoms with Gasteiger partial charge in [0.1, 0.15) is 18.1 Å². The van der Waals surface area contributed by atoms with Gasteiger partial charge in [-0.05, 0) is 67.3 Å². The second kappa shape index (κ2) is 7.64. The van der Waals surface area contributed by atoms with E-state index in [2.05, 4.69) is 13.2 Å². The van der Waals surface area contributed by atoms with Crippen LogP contribution >= 0.6 is 0 Å². The first-order chi connectivity index (χ1) is 11.4. The van der Waals surface area contributed by atoms with E-state index in [4.69, 9.17) is 9.47 Å². The van der Waals surface area contributed by atoms with Crippen molar-refractivity contribution >= 4 is 5.97 Å². The molecule has 0 radical (unpaired) electrons. The Balaban J connectivity index is 2.15. The molecule has 24 heavy (non-hydrogen) atoms. The first-order valence-electron chi connectivity index (χ1n) is 7.73. The standard InChI is InChI=1S/C21H22O3/c1-14(2)13-23-18-8-6-17(7-9-18)20-11-10-19(12-16(20)5)24-21(22)15(3)4/h6-12H,1,3,13H2,2,4-5H3. The average molecular weight is 322 g/mol. The highest BCUT2D eigenvalue weighted by atomic mass is 16.5. The van der Waals surface area contributed by atoms with E-state index in [1.165, 1.54) is 0 Å². The summed E-state index contributed by atoms with van der Waals surface area (Å²) in [4.78, 5) is 11.6. The predicted octanol–water partition coefficient (Wildman–Crippen LogP) is 5.10. The molecule has 0 heterocycles. The number of carbonyl (C=O) groups excluding carboxylic acids is 1. The lowest BCUT2D eigenvalue weighted by Crippen LogP contribution is -2.08. The lowest BCUT2D eigenvalue weighted by Gasteiger charge is -2.11. The molecule has 0 bridgehead atoms. The van der Waals surface area contributed by atoms with Crippen LogP contribution in [0.25, 0.3) is 11.1 Å². The molecule has 2 aromatic rings. The Morgan fingerprint density at radius 2 is 1.62 bits per heavy atom. The average Bonchev–Trinajstić information content (AvgIpc) is 2.53. The third-order valence-electron chi connectivity index (χ3n) is 3.41. The normalized spacial score (nSPS) is 10.1. The molecule has 0 saturated heterocycles. The van der Waals surface area contributed by atoms with Crippen LogP contribution in [0.1, 0.15) is 19.4 Å². The van der Waals surface area contributed by atoms with Crippen LogP contribution < -0.4 is 9.47 Å². The zero-order chi connectivity index (χ0) is 17.7. The molecule has 0 unspecified atom stereocenters. The molecule has 0 saturated carbocycles. The Morgan fingerprint density at radius 3 is 2.17 bits per heavy atom. The van der Waals surface area contributed by atoms with E-state index >= 15 is 0 Å². The number of carbonyl (C=O) groups is 1. The summed E-state index contributed by atoms with van der Waals surface area (Å²) in [5.41, 5.74) is 4.54. The molecule has 0 amide bonds. The molecule has 0 aliphatic carbocycles. The maximum atomic E-state index is 11.6. The minimum absolute atomic E-state index is 0.377. The SMILES string of the molecule is C=C(C)COc1ccc(-c2ccc(OC(=O)C(=C)C)cc2C)cc1. The third-order valence-corrected chi connectivity index (χ3v) is 3.41. The molecule has 0 fully saturated rings. The first-order valence-corrected chi connectivity index (χ1v) is 7.73. The van der Waals surface area contributed by atoms with Crippen molar-refractivity contribution in [2.24, 2.45) is 0 Å². The Morgan fingerprint density at radius 1 is 1.00 bits per heavy atom. The van der Waals surface area contributed by atoms with Gasteiger partial charge in [-0.15, -0.1) is 0 Å². The molecule has 0 N–H and O–H groups in total. The molecular formula is C21H22O3. The Bertz CT molecular complexity index is 770. The van der Waals surface area contributed by atoms with Crippen molar-refractivity contribution in [3.63, 3.8) is 0 Å². The maximum Gasteiger partial charge on any atom is 0.338 e. The summed E-state index contributed by atoms with van der Waals surface area (Å²) in [6, 6.07) is 13.5. The Hall–Kier alpha value is -2.81. The van der Waals surface area contributed by atoms with E-state index in [1.807, 2.05) is 50.2 Å². The van der Waals surface area contributed by atoms with E-state index in [0.29, 0.717) is 17.9 Å². The van der Waals surface area contributed by atoms with E-state index in [-0.39, 0.29) is 0 Å². The van der Waals surface area contributed by atoms with E-state index < -0.39 is 5.97 Å².